The fraction of sp³-hybridized carbons (Fsp3) is 0.190. The van der Waals surface area contributed by atoms with Crippen LogP contribution in [0.4, 0.5) is 0 Å². The number of nitrogens with zero attached hydrogens (tertiary/aromatic N) is 2. The molecule has 3 heterocycles. The lowest BCUT2D eigenvalue weighted by Crippen LogP contribution is -2.39. The predicted octanol–water partition coefficient (Wildman–Crippen LogP) is 4.17. The van der Waals surface area contributed by atoms with E-state index in [1.54, 1.807) is 42.7 Å². The number of hydrogen-bond acceptors (Lipinski definition) is 6. The van der Waals surface area contributed by atoms with Crippen LogP contribution in [0.25, 0.3) is 6.08 Å². The molecular weight excluding hydrogens is 463 g/mol. The summed E-state index contributed by atoms with van der Waals surface area (Å²) in [6, 6.07) is 8.40. The molecule has 1 aromatic carbocycles. The quantitative estimate of drug-likeness (QED) is 0.528. The maximum Gasteiger partial charge on any atom is 0.338 e. The highest BCUT2D eigenvalue weighted by atomic mass is 35.5. The summed E-state index contributed by atoms with van der Waals surface area (Å²) in [7, 11) is 0. The van der Waals surface area contributed by atoms with Gasteiger partial charge >= 0.3 is 5.97 Å². The Morgan fingerprint density at radius 1 is 1.30 bits per heavy atom. The van der Waals surface area contributed by atoms with E-state index in [-0.39, 0.29) is 12.2 Å². The van der Waals surface area contributed by atoms with Crippen molar-refractivity contribution in [2.75, 3.05) is 6.61 Å². The minimum Gasteiger partial charge on any atom is -0.463 e. The van der Waals surface area contributed by atoms with Crippen molar-refractivity contribution in [3.8, 4) is 0 Å². The fourth-order valence-electron chi connectivity index (χ4n) is 3.26. The molecule has 154 valence electrons. The lowest BCUT2D eigenvalue weighted by Gasteiger charge is -2.23. The average molecular weight is 479 g/mol. The van der Waals surface area contributed by atoms with E-state index in [0.717, 1.165) is 10.4 Å². The largest absolute Gasteiger partial charge is 0.463 e. The molecule has 2 aromatic heterocycles. The molecule has 1 aliphatic rings. The number of allylic oxidation sites excluding steroid dienone is 1. The van der Waals surface area contributed by atoms with Crippen LogP contribution in [0.15, 0.2) is 56.8 Å². The number of thiazole rings is 1. The molecule has 1 atom stereocenters. The van der Waals surface area contributed by atoms with Crippen molar-refractivity contribution >= 4 is 57.9 Å². The predicted molar refractivity (Wildman–Crippen MR) is 121 cm³/mol. The first-order valence-corrected chi connectivity index (χ1v) is 11.5. The van der Waals surface area contributed by atoms with Crippen LogP contribution in [-0.4, -0.2) is 17.1 Å². The number of aromatic nitrogens is 1. The standard InChI is InChI=1S/C21H16Cl2N2O3S2/c1-3-28-20(27)17-11(2)24-21-25(18(17)15-5-4-8-29-15)19(26)16(30-21)10-12-6-7-13(22)14(23)9-12/h4-10,18H,3H2,1-2H3. The Labute approximate surface area is 190 Å². The summed E-state index contributed by atoms with van der Waals surface area (Å²) in [6.07, 6.45) is 1.75. The van der Waals surface area contributed by atoms with Crippen LogP contribution in [0.3, 0.4) is 0 Å². The number of benzene rings is 1. The van der Waals surface area contributed by atoms with E-state index < -0.39 is 12.0 Å². The van der Waals surface area contributed by atoms with Crippen LogP contribution < -0.4 is 14.9 Å². The minimum absolute atomic E-state index is 0.225. The van der Waals surface area contributed by atoms with Gasteiger partial charge in [-0.2, -0.15) is 0 Å². The molecule has 0 radical (unpaired) electrons. The Morgan fingerprint density at radius 2 is 2.10 bits per heavy atom. The highest BCUT2D eigenvalue weighted by Gasteiger charge is 2.33. The molecule has 0 saturated heterocycles. The van der Waals surface area contributed by atoms with Crippen molar-refractivity contribution in [1.29, 1.82) is 0 Å². The summed E-state index contributed by atoms with van der Waals surface area (Å²) < 4.78 is 7.32. The molecule has 0 aliphatic carbocycles. The normalized spacial score (nSPS) is 16.4. The van der Waals surface area contributed by atoms with Crippen LogP contribution in [0.1, 0.15) is 30.3 Å². The number of carbonyl (C=O) groups excluding carboxylic acids is 1. The summed E-state index contributed by atoms with van der Waals surface area (Å²) in [5, 5.41) is 2.77. The third-order valence-corrected chi connectivity index (χ3v) is 7.22. The van der Waals surface area contributed by atoms with Gasteiger partial charge in [-0.25, -0.2) is 9.79 Å². The second-order valence-electron chi connectivity index (χ2n) is 6.49. The van der Waals surface area contributed by atoms with Gasteiger partial charge in [-0.05, 0) is 49.1 Å². The zero-order valence-corrected chi connectivity index (χ0v) is 19.2. The number of rotatable bonds is 4. The van der Waals surface area contributed by atoms with Gasteiger partial charge in [-0.3, -0.25) is 9.36 Å². The summed E-state index contributed by atoms with van der Waals surface area (Å²) in [4.78, 5) is 32.0. The monoisotopic (exact) mass is 478 g/mol. The SMILES string of the molecule is CCOC(=O)C1=C(C)N=c2sc(=Cc3ccc(Cl)c(Cl)c3)c(=O)n2C1c1cccs1. The third-order valence-electron chi connectivity index (χ3n) is 4.57. The van der Waals surface area contributed by atoms with Crippen molar-refractivity contribution in [2.45, 2.75) is 19.9 Å². The Balaban J connectivity index is 1.93. The van der Waals surface area contributed by atoms with E-state index in [9.17, 15) is 9.59 Å². The number of ether oxygens (including phenoxy) is 1. The smallest absolute Gasteiger partial charge is 0.338 e. The van der Waals surface area contributed by atoms with Crippen molar-refractivity contribution < 1.29 is 9.53 Å². The average Bonchev–Trinajstić information content (AvgIpc) is 3.33. The van der Waals surface area contributed by atoms with Gasteiger partial charge in [0.1, 0.15) is 6.04 Å². The van der Waals surface area contributed by atoms with Crippen LogP contribution >= 0.6 is 45.9 Å². The van der Waals surface area contributed by atoms with E-state index in [1.807, 2.05) is 17.5 Å². The van der Waals surface area contributed by atoms with Crippen molar-refractivity contribution in [2.24, 2.45) is 4.99 Å². The molecular formula is C21H16Cl2N2O3S2. The lowest BCUT2D eigenvalue weighted by atomic mass is 10.0. The zero-order chi connectivity index (χ0) is 21.4. The number of fused-ring (bicyclic) bond motifs is 1. The maximum absolute atomic E-state index is 13.4. The molecule has 5 nitrogen and oxygen atoms in total. The number of hydrogen-bond donors (Lipinski definition) is 0. The molecule has 9 heteroatoms. The Hall–Kier alpha value is -2.19. The van der Waals surface area contributed by atoms with E-state index in [2.05, 4.69) is 4.99 Å². The van der Waals surface area contributed by atoms with Crippen LogP contribution in [-0.2, 0) is 9.53 Å². The lowest BCUT2D eigenvalue weighted by molar-refractivity contribution is -0.139. The van der Waals surface area contributed by atoms with Gasteiger partial charge in [0.25, 0.3) is 5.56 Å². The molecule has 0 spiro atoms. The number of carbonyl (C=O) groups is 1. The summed E-state index contributed by atoms with van der Waals surface area (Å²) in [5.41, 5.74) is 1.46. The summed E-state index contributed by atoms with van der Waals surface area (Å²) >= 11 is 14.8. The second-order valence-corrected chi connectivity index (χ2v) is 9.29. The Bertz CT molecular complexity index is 1340. The fourth-order valence-corrected chi connectivity index (χ4v) is 5.44. The topological polar surface area (TPSA) is 60.7 Å². The minimum atomic E-state index is -0.573. The van der Waals surface area contributed by atoms with Gasteiger partial charge in [0, 0.05) is 4.88 Å². The highest BCUT2D eigenvalue weighted by molar-refractivity contribution is 7.10. The highest BCUT2D eigenvalue weighted by Crippen LogP contribution is 2.33. The van der Waals surface area contributed by atoms with Gasteiger partial charge < -0.3 is 4.74 Å². The van der Waals surface area contributed by atoms with E-state index in [4.69, 9.17) is 27.9 Å². The van der Waals surface area contributed by atoms with Crippen molar-refractivity contribution in [1.82, 2.24) is 4.57 Å². The van der Waals surface area contributed by atoms with Gasteiger partial charge in [0.15, 0.2) is 4.80 Å². The van der Waals surface area contributed by atoms with Crippen molar-refractivity contribution in [3.63, 3.8) is 0 Å². The zero-order valence-electron chi connectivity index (χ0n) is 16.0. The first-order valence-electron chi connectivity index (χ1n) is 9.08. The summed E-state index contributed by atoms with van der Waals surface area (Å²) in [5.74, 6) is -0.462. The molecule has 30 heavy (non-hydrogen) atoms. The molecule has 0 amide bonds. The van der Waals surface area contributed by atoms with E-state index in [0.29, 0.717) is 30.6 Å². The van der Waals surface area contributed by atoms with Gasteiger partial charge in [-0.1, -0.05) is 46.7 Å². The number of halogens is 2. The maximum atomic E-state index is 13.4. The van der Waals surface area contributed by atoms with Gasteiger partial charge in [0.2, 0.25) is 0 Å². The van der Waals surface area contributed by atoms with Crippen LogP contribution in [0.5, 0.6) is 0 Å². The summed E-state index contributed by atoms with van der Waals surface area (Å²) in [6.45, 7) is 3.76. The molecule has 0 bridgehead atoms. The second kappa shape index (κ2) is 8.51. The van der Waals surface area contributed by atoms with Crippen molar-refractivity contribution in [3.05, 3.63) is 87.2 Å². The van der Waals surface area contributed by atoms with Gasteiger partial charge in [0.05, 0.1) is 32.5 Å². The molecule has 1 aliphatic heterocycles. The van der Waals surface area contributed by atoms with Crippen LogP contribution in [0, 0.1) is 0 Å². The number of thiophene rings is 1. The van der Waals surface area contributed by atoms with E-state index >= 15 is 0 Å². The van der Waals surface area contributed by atoms with Crippen LogP contribution in [0.2, 0.25) is 10.0 Å². The molecule has 3 aromatic rings. The number of esters is 1. The molecule has 0 N–H and O–H groups in total. The van der Waals surface area contributed by atoms with E-state index in [1.165, 1.54) is 22.7 Å². The first-order chi connectivity index (χ1) is 14.4. The third kappa shape index (κ3) is 3.78. The Morgan fingerprint density at radius 3 is 2.77 bits per heavy atom. The first kappa shape index (κ1) is 21.1. The Kier molecular flexibility index (Phi) is 5.97. The molecule has 4 rings (SSSR count). The molecule has 0 saturated carbocycles. The van der Waals surface area contributed by atoms with Gasteiger partial charge in [-0.15, -0.1) is 11.3 Å². The molecule has 1 unspecified atom stereocenters. The molecule has 0 fully saturated rings.